The summed E-state index contributed by atoms with van der Waals surface area (Å²) in [5, 5.41) is 19.2. The first-order valence-corrected chi connectivity index (χ1v) is 7.99. The topological polar surface area (TPSA) is 84.3 Å². The van der Waals surface area contributed by atoms with Crippen molar-refractivity contribution in [3.8, 4) is 5.69 Å². The number of nitrogens with zero attached hydrogens (tertiary/aromatic N) is 6. The lowest BCUT2D eigenvalue weighted by Crippen LogP contribution is -2.13. The minimum Gasteiger partial charge on any atom is -0.202 e. The Morgan fingerprint density at radius 1 is 0.917 bits per heavy atom. The highest BCUT2D eigenvalue weighted by Gasteiger charge is 2.07. The van der Waals surface area contributed by atoms with Crippen LogP contribution < -0.4 is 4.80 Å². The molecule has 2 aromatic carbocycles. The third kappa shape index (κ3) is 3.66. The molecule has 0 unspecified atom stereocenters. The predicted octanol–water partition coefficient (Wildman–Crippen LogP) is 4.55. The van der Waals surface area contributed by atoms with Crippen molar-refractivity contribution in [1.29, 1.82) is 0 Å². The van der Waals surface area contributed by atoms with Crippen LogP contribution in [0.3, 0.4) is 0 Å². The Labute approximate surface area is 142 Å². The second-order valence-electron chi connectivity index (χ2n) is 5.13. The van der Waals surface area contributed by atoms with E-state index in [2.05, 4.69) is 25.7 Å². The third-order valence-electron chi connectivity index (χ3n) is 3.24. The van der Waals surface area contributed by atoms with Crippen LogP contribution in [0.2, 0.25) is 0 Å². The van der Waals surface area contributed by atoms with Gasteiger partial charge in [-0.15, -0.1) is 20.2 Å². The van der Waals surface area contributed by atoms with Crippen molar-refractivity contribution in [3.05, 3.63) is 69.4 Å². The smallest absolute Gasteiger partial charge is 0.202 e. The third-order valence-corrected chi connectivity index (χ3v) is 4.02. The molecule has 0 saturated heterocycles. The molecule has 0 N–H and O–H groups in total. The fraction of sp³-hybridized carbons (Fsp3) is 0.125. The number of azo groups is 1. The van der Waals surface area contributed by atoms with Gasteiger partial charge in [0, 0.05) is 0 Å². The van der Waals surface area contributed by atoms with Crippen LogP contribution in [0, 0.1) is 18.8 Å². The first kappa shape index (κ1) is 15.9. The van der Waals surface area contributed by atoms with Gasteiger partial charge in [-0.25, -0.2) is 4.68 Å². The number of aromatic nitrogens is 2. The van der Waals surface area contributed by atoms with Crippen molar-refractivity contribution < 1.29 is 0 Å². The van der Waals surface area contributed by atoms with Crippen LogP contribution in [0.5, 0.6) is 0 Å². The summed E-state index contributed by atoms with van der Waals surface area (Å²) in [4.78, 5) is 10.9. The van der Waals surface area contributed by atoms with E-state index in [-0.39, 0.29) is 0 Å². The molecule has 0 fully saturated rings. The Morgan fingerprint density at radius 3 is 2.17 bits per heavy atom. The van der Waals surface area contributed by atoms with E-state index < -0.39 is 0 Å². The van der Waals surface area contributed by atoms with E-state index >= 15 is 0 Å². The number of hydrogen-bond acceptors (Lipinski definition) is 6. The molecule has 0 aliphatic rings. The Balaban J connectivity index is 1.97. The van der Waals surface area contributed by atoms with Crippen molar-refractivity contribution in [2.24, 2.45) is 20.6 Å². The van der Waals surface area contributed by atoms with E-state index in [1.807, 2.05) is 62.4 Å². The van der Waals surface area contributed by atoms with Crippen LogP contribution in [0.4, 0.5) is 10.8 Å². The molecular weight excluding hydrogens is 324 g/mol. The minimum atomic E-state index is 0.340. The van der Waals surface area contributed by atoms with Gasteiger partial charge < -0.3 is 0 Å². The number of hydrogen-bond donors (Lipinski definition) is 0. The molecule has 3 aromatic rings. The molecule has 3 rings (SSSR count). The highest BCUT2D eigenvalue weighted by atomic mass is 32.1. The number of aryl methyl sites for hydroxylation is 2. The summed E-state index contributed by atoms with van der Waals surface area (Å²) in [7, 11) is 0. The standard InChI is InChI=1S/C16H14N6OS/c1-11-3-7-13(8-4-11)17-18-15-20-22(16(24-15)19-21-23)14-9-5-12(2)6-10-14/h3-10H,1-2H3/b18-17?,19-16-. The van der Waals surface area contributed by atoms with Gasteiger partial charge >= 0.3 is 0 Å². The highest BCUT2D eigenvalue weighted by Crippen LogP contribution is 2.20. The van der Waals surface area contributed by atoms with Crippen molar-refractivity contribution in [2.45, 2.75) is 13.8 Å². The summed E-state index contributed by atoms with van der Waals surface area (Å²) >= 11 is 1.14. The van der Waals surface area contributed by atoms with E-state index in [9.17, 15) is 4.91 Å². The monoisotopic (exact) mass is 338 g/mol. The van der Waals surface area contributed by atoms with Gasteiger partial charge in [0.25, 0.3) is 5.13 Å². The molecular formula is C16H14N6OS. The van der Waals surface area contributed by atoms with E-state index in [1.165, 1.54) is 4.68 Å². The average molecular weight is 338 g/mol. The minimum absolute atomic E-state index is 0.340. The Morgan fingerprint density at radius 2 is 1.54 bits per heavy atom. The van der Waals surface area contributed by atoms with Crippen molar-refractivity contribution in [3.63, 3.8) is 0 Å². The SMILES string of the molecule is Cc1ccc(N=Nc2nn(-c3ccc(C)cc3)/c(=N/N=O)s2)cc1. The Kier molecular flexibility index (Phi) is 4.66. The van der Waals surface area contributed by atoms with Gasteiger partial charge in [0.05, 0.1) is 16.7 Å². The first-order valence-electron chi connectivity index (χ1n) is 7.18. The zero-order valence-electron chi connectivity index (χ0n) is 13.1. The molecule has 24 heavy (non-hydrogen) atoms. The molecule has 0 bridgehead atoms. The predicted molar refractivity (Wildman–Crippen MR) is 92.9 cm³/mol. The maximum atomic E-state index is 10.5. The molecule has 8 heteroatoms. The number of benzene rings is 2. The summed E-state index contributed by atoms with van der Waals surface area (Å²) in [5.41, 5.74) is 3.78. The molecule has 0 radical (unpaired) electrons. The van der Waals surface area contributed by atoms with Gasteiger partial charge in [-0.3, -0.25) is 0 Å². The van der Waals surface area contributed by atoms with Crippen LogP contribution in [0.15, 0.2) is 69.1 Å². The molecule has 7 nitrogen and oxygen atoms in total. The maximum Gasteiger partial charge on any atom is 0.251 e. The molecule has 0 amide bonds. The average Bonchev–Trinajstić information content (AvgIpc) is 2.98. The summed E-state index contributed by atoms with van der Waals surface area (Å²) < 4.78 is 1.52. The summed E-state index contributed by atoms with van der Waals surface area (Å²) in [6.07, 6.45) is 0. The van der Waals surface area contributed by atoms with E-state index in [0.717, 1.165) is 33.8 Å². The lowest BCUT2D eigenvalue weighted by molar-refractivity contribution is 0.817. The maximum absolute atomic E-state index is 10.5. The number of nitroso groups, excluding NO2 is 1. The zero-order valence-corrected chi connectivity index (χ0v) is 13.9. The van der Waals surface area contributed by atoms with Gasteiger partial charge in [0.2, 0.25) is 4.80 Å². The number of rotatable bonds is 4. The summed E-state index contributed by atoms with van der Waals surface area (Å²) in [6.45, 7) is 4.00. The molecule has 0 aliphatic carbocycles. The lowest BCUT2D eigenvalue weighted by atomic mass is 10.2. The van der Waals surface area contributed by atoms with Crippen LogP contribution >= 0.6 is 11.3 Å². The van der Waals surface area contributed by atoms with Gasteiger partial charge in [-0.05, 0) is 38.1 Å². The van der Waals surface area contributed by atoms with Crippen molar-refractivity contribution in [1.82, 2.24) is 9.78 Å². The lowest BCUT2D eigenvalue weighted by Gasteiger charge is -2.00. The van der Waals surface area contributed by atoms with Crippen molar-refractivity contribution in [2.75, 3.05) is 0 Å². The molecule has 0 saturated carbocycles. The fourth-order valence-electron chi connectivity index (χ4n) is 1.98. The molecule has 120 valence electrons. The molecule has 1 aromatic heterocycles. The molecule has 0 spiro atoms. The Hall–Kier alpha value is -3.00. The largest absolute Gasteiger partial charge is 0.251 e. The van der Waals surface area contributed by atoms with E-state index in [1.54, 1.807) is 0 Å². The highest BCUT2D eigenvalue weighted by molar-refractivity contribution is 7.12. The summed E-state index contributed by atoms with van der Waals surface area (Å²) in [5.74, 6) is 0. The van der Waals surface area contributed by atoms with Crippen LogP contribution in [0.1, 0.15) is 11.1 Å². The van der Waals surface area contributed by atoms with E-state index in [4.69, 9.17) is 0 Å². The molecule has 1 heterocycles. The molecule has 0 atom stereocenters. The van der Waals surface area contributed by atoms with Gasteiger partial charge in [0.1, 0.15) is 0 Å². The van der Waals surface area contributed by atoms with Crippen molar-refractivity contribution >= 4 is 22.2 Å². The van der Waals surface area contributed by atoms with Crippen LogP contribution in [0.25, 0.3) is 5.69 Å². The normalized spacial score (nSPS) is 12.0. The fourth-order valence-corrected chi connectivity index (χ4v) is 2.65. The van der Waals surface area contributed by atoms with Gasteiger partial charge in [-0.1, -0.05) is 51.8 Å². The Bertz CT molecular complexity index is 938. The quantitative estimate of drug-likeness (QED) is 0.397. The van der Waals surface area contributed by atoms with Crippen LogP contribution in [-0.2, 0) is 0 Å². The molecule has 0 aliphatic heterocycles. The van der Waals surface area contributed by atoms with Gasteiger partial charge in [-0.2, -0.15) is 0 Å². The second kappa shape index (κ2) is 7.05. The van der Waals surface area contributed by atoms with Crippen LogP contribution in [-0.4, -0.2) is 9.78 Å². The second-order valence-corrected chi connectivity index (χ2v) is 6.07. The first-order chi connectivity index (χ1) is 11.7. The van der Waals surface area contributed by atoms with Gasteiger partial charge in [0.15, 0.2) is 0 Å². The summed E-state index contributed by atoms with van der Waals surface area (Å²) in [6, 6.07) is 15.3. The zero-order chi connectivity index (χ0) is 16.9. The van der Waals surface area contributed by atoms with E-state index in [0.29, 0.717) is 9.93 Å².